The Morgan fingerprint density at radius 3 is 2.26 bits per heavy atom. The van der Waals surface area contributed by atoms with E-state index in [2.05, 4.69) is 36.0 Å². The van der Waals surface area contributed by atoms with E-state index in [1.807, 2.05) is 0 Å². The maximum atomic E-state index is 3.36. The van der Waals surface area contributed by atoms with Crippen LogP contribution in [0.4, 0.5) is 0 Å². The van der Waals surface area contributed by atoms with Crippen LogP contribution in [0, 0.1) is 5.92 Å². The lowest BCUT2D eigenvalue weighted by molar-refractivity contribution is 0.114. The lowest BCUT2D eigenvalue weighted by Crippen LogP contribution is -2.44. The molecule has 2 heterocycles. The molecule has 2 unspecified atom stereocenters. The lowest BCUT2D eigenvalue weighted by atomic mass is 9.94. The molecule has 2 fully saturated rings. The van der Waals surface area contributed by atoms with Crippen molar-refractivity contribution in [3.63, 3.8) is 0 Å². The van der Waals surface area contributed by atoms with Gasteiger partial charge in [-0.1, -0.05) is 0 Å². The summed E-state index contributed by atoms with van der Waals surface area (Å²) in [5.74, 6) is 0.961. The molecule has 2 saturated heterocycles. The topological polar surface area (TPSA) is 18.5 Å². The average Bonchev–Trinajstić information content (AvgIpc) is 2.92. The second kappa shape index (κ2) is 7.61. The monoisotopic (exact) mass is 267 g/mol. The molecule has 2 rings (SSSR count). The third-order valence-corrected chi connectivity index (χ3v) is 5.18. The first-order valence-electron chi connectivity index (χ1n) is 8.32. The van der Waals surface area contributed by atoms with Gasteiger partial charge in [0.05, 0.1) is 0 Å². The number of rotatable bonds is 6. The summed E-state index contributed by atoms with van der Waals surface area (Å²) in [6.45, 7) is 11.4. The van der Waals surface area contributed by atoms with Gasteiger partial charge >= 0.3 is 0 Å². The van der Waals surface area contributed by atoms with E-state index in [0.717, 1.165) is 12.0 Å². The van der Waals surface area contributed by atoms with Crippen LogP contribution < -0.4 is 5.32 Å². The van der Waals surface area contributed by atoms with E-state index in [1.165, 1.54) is 64.8 Å². The van der Waals surface area contributed by atoms with Crippen LogP contribution in [0.5, 0.6) is 0 Å². The largest absolute Gasteiger partial charge is 0.317 e. The molecule has 112 valence electrons. The summed E-state index contributed by atoms with van der Waals surface area (Å²) >= 11 is 0. The van der Waals surface area contributed by atoms with Crippen LogP contribution in [0.1, 0.15) is 46.0 Å². The first-order chi connectivity index (χ1) is 9.19. The van der Waals surface area contributed by atoms with Gasteiger partial charge in [-0.3, -0.25) is 0 Å². The molecule has 1 N–H and O–H groups in total. The Bertz CT molecular complexity index is 242. The molecular weight excluding hydrogens is 234 g/mol. The van der Waals surface area contributed by atoms with Crippen LogP contribution in [0.15, 0.2) is 0 Å². The normalized spacial score (nSPS) is 26.7. The van der Waals surface area contributed by atoms with E-state index in [9.17, 15) is 0 Å². The number of likely N-dealkylation sites (tertiary alicyclic amines) is 2. The van der Waals surface area contributed by atoms with Crippen LogP contribution in [0.25, 0.3) is 0 Å². The zero-order valence-electron chi connectivity index (χ0n) is 13.2. The van der Waals surface area contributed by atoms with Gasteiger partial charge in [0.25, 0.3) is 0 Å². The third kappa shape index (κ3) is 4.73. The quantitative estimate of drug-likeness (QED) is 0.796. The molecule has 0 amide bonds. The van der Waals surface area contributed by atoms with Crippen LogP contribution in [0.3, 0.4) is 0 Å². The van der Waals surface area contributed by atoms with Gasteiger partial charge in [0.1, 0.15) is 0 Å². The summed E-state index contributed by atoms with van der Waals surface area (Å²) in [4.78, 5) is 5.39. The molecule has 2 atom stereocenters. The highest BCUT2D eigenvalue weighted by molar-refractivity contribution is 4.80. The number of hydrogen-bond acceptors (Lipinski definition) is 3. The highest BCUT2D eigenvalue weighted by Crippen LogP contribution is 2.22. The minimum atomic E-state index is 0.636. The molecule has 0 radical (unpaired) electrons. The fourth-order valence-electron chi connectivity index (χ4n) is 3.69. The number of piperidine rings is 1. The van der Waals surface area contributed by atoms with Crippen LogP contribution in [-0.2, 0) is 0 Å². The SMILES string of the molecule is CNC(C)CC(C)N1CCC(CN2CCCC2)CC1. The molecule has 19 heavy (non-hydrogen) atoms. The van der Waals surface area contributed by atoms with Crippen molar-refractivity contribution in [3.8, 4) is 0 Å². The van der Waals surface area contributed by atoms with Crippen molar-refractivity contribution < 1.29 is 0 Å². The van der Waals surface area contributed by atoms with Gasteiger partial charge in [0.15, 0.2) is 0 Å². The number of hydrogen-bond donors (Lipinski definition) is 1. The highest BCUT2D eigenvalue weighted by atomic mass is 15.2. The summed E-state index contributed by atoms with van der Waals surface area (Å²) in [5.41, 5.74) is 0. The Kier molecular flexibility index (Phi) is 6.11. The van der Waals surface area contributed by atoms with Crippen molar-refractivity contribution in [2.75, 3.05) is 39.8 Å². The smallest absolute Gasteiger partial charge is 0.00816 e. The standard InChI is InChI=1S/C16H33N3/c1-14(17-3)12-15(2)19-10-6-16(7-11-19)13-18-8-4-5-9-18/h14-17H,4-13H2,1-3H3. The molecule has 3 heteroatoms. The molecule has 0 aromatic rings. The van der Waals surface area contributed by atoms with E-state index in [0.29, 0.717) is 6.04 Å². The Labute approximate surface area is 119 Å². The predicted molar refractivity (Wildman–Crippen MR) is 82.6 cm³/mol. The molecule has 0 aromatic carbocycles. The van der Waals surface area contributed by atoms with Crippen LogP contribution >= 0.6 is 0 Å². The maximum Gasteiger partial charge on any atom is 0.00816 e. The molecule has 0 aromatic heterocycles. The fourth-order valence-corrected chi connectivity index (χ4v) is 3.69. The predicted octanol–water partition coefficient (Wildman–Crippen LogP) is 2.18. The lowest BCUT2D eigenvalue weighted by Gasteiger charge is -2.38. The number of nitrogens with one attached hydrogen (secondary N) is 1. The highest BCUT2D eigenvalue weighted by Gasteiger charge is 2.25. The van der Waals surface area contributed by atoms with Crippen molar-refractivity contribution in [3.05, 3.63) is 0 Å². The Balaban J connectivity index is 1.66. The van der Waals surface area contributed by atoms with E-state index in [-0.39, 0.29) is 0 Å². The molecule has 2 aliphatic rings. The van der Waals surface area contributed by atoms with Gasteiger partial charge in [0.2, 0.25) is 0 Å². The first-order valence-corrected chi connectivity index (χ1v) is 8.32. The van der Waals surface area contributed by atoms with E-state index < -0.39 is 0 Å². The van der Waals surface area contributed by atoms with Crippen LogP contribution in [0.2, 0.25) is 0 Å². The molecule has 0 aliphatic carbocycles. The van der Waals surface area contributed by atoms with Crippen LogP contribution in [-0.4, -0.2) is 61.7 Å². The van der Waals surface area contributed by atoms with Crippen molar-refractivity contribution >= 4 is 0 Å². The van der Waals surface area contributed by atoms with Gasteiger partial charge in [-0.25, -0.2) is 0 Å². The molecule has 3 nitrogen and oxygen atoms in total. The zero-order chi connectivity index (χ0) is 13.7. The van der Waals surface area contributed by atoms with Crippen molar-refractivity contribution in [2.45, 2.75) is 58.0 Å². The number of nitrogens with zero attached hydrogens (tertiary/aromatic N) is 2. The molecular formula is C16H33N3. The van der Waals surface area contributed by atoms with Gasteiger partial charge in [-0.15, -0.1) is 0 Å². The minimum absolute atomic E-state index is 0.636. The molecule has 0 saturated carbocycles. The second-order valence-corrected chi connectivity index (χ2v) is 6.76. The summed E-state index contributed by atoms with van der Waals surface area (Å²) in [7, 11) is 2.07. The van der Waals surface area contributed by atoms with Gasteiger partial charge in [-0.2, -0.15) is 0 Å². The van der Waals surface area contributed by atoms with Crippen molar-refractivity contribution in [1.29, 1.82) is 0 Å². The molecule has 0 spiro atoms. The Morgan fingerprint density at radius 2 is 1.68 bits per heavy atom. The summed E-state index contributed by atoms with van der Waals surface area (Å²) in [6, 6.07) is 1.37. The molecule has 2 aliphatic heterocycles. The Hall–Kier alpha value is -0.120. The molecule has 0 bridgehead atoms. The van der Waals surface area contributed by atoms with Crippen molar-refractivity contribution in [1.82, 2.24) is 15.1 Å². The summed E-state index contributed by atoms with van der Waals surface area (Å²) in [5, 5.41) is 3.36. The Morgan fingerprint density at radius 1 is 1.05 bits per heavy atom. The zero-order valence-corrected chi connectivity index (χ0v) is 13.2. The minimum Gasteiger partial charge on any atom is -0.317 e. The summed E-state index contributed by atoms with van der Waals surface area (Å²) < 4.78 is 0. The summed E-state index contributed by atoms with van der Waals surface area (Å²) in [6.07, 6.45) is 6.95. The maximum absolute atomic E-state index is 3.36. The van der Waals surface area contributed by atoms with E-state index >= 15 is 0 Å². The first kappa shape index (κ1) is 15.3. The average molecular weight is 267 g/mol. The second-order valence-electron chi connectivity index (χ2n) is 6.76. The fraction of sp³-hybridized carbons (Fsp3) is 1.00. The van der Waals surface area contributed by atoms with Crippen molar-refractivity contribution in [2.24, 2.45) is 5.92 Å². The van der Waals surface area contributed by atoms with E-state index in [1.54, 1.807) is 0 Å². The van der Waals surface area contributed by atoms with Gasteiger partial charge in [-0.05, 0) is 85.1 Å². The van der Waals surface area contributed by atoms with E-state index in [4.69, 9.17) is 0 Å². The van der Waals surface area contributed by atoms with Gasteiger partial charge < -0.3 is 15.1 Å². The van der Waals surface area contributed by atoms with Gasteiger partial charge in [0, 0.05) is 18.6 Å². The third-order valence-electron chi connectivity index (χ3n) is 5.18.